The maximum atomic E-state index is 12.3. The van der Waals surface area contributed by atoms with E-state index in [1.165, 1.54) is 0 Å². The lowest BCUT2D eigenvalue weighted by Crippen LogP contribution is -2.44. The smallest absolute Gasteiger partial charge is 0.241 e. The minimum Gasteiger partial charge on any atom is -0.497 e. The Kier molecular flexibility index (Phi) is 12.6. The SMILES string of the molecule is CCOCCCNC(=NCc1ccc(OC)cc1)NCC(=O)N1CCCC1.I. The fourth-order valence-corrected chi connectivity index (χ4v) is 2.84. The summed E-state index contributed by atoms with van der Waals surface area (Å²) in [5.41, 5.74) is 1.08. The fourth-order valence-electron chi connectivity index (χ4n) is 2.84. The Hall–Kier alpha value is -1.55. The Balaban J connectivity index is 0.00000392. The second kappa shape index (κ2) is 14.4. The number of aliphatic imine (C=N–C) groups is 1. The molecule has 0 aliphatic carbocycles. The van der Waals surface area contributed by atoms with Crippen molar-refractivity contribution in [3.05, 3.63) is 29.8 Å². The molecule has 0 atom stereocenters. The Bertz CT molecular complexity index is 590. The van der Waals surface area contributed by atoms with Crippen molar-refractivity contribution >= 4 is 35.8 Å². The number of likely N-dealkylation sites (tertiary alicyclic amines) is 1. The van der Waals surface area contributed by atoms with Gasteiger partial charge in [-0.1, -0.05) is 12.1 Å². The molecule has 1 saturated heterocycles. The number of nitrogens with zero attached hydrogens (tertiary/aromatic N) is 2. The molecule has 1 aliphatic heterocycles. The van der Waals surface area contributed by atoms with Gasteiger partial charge in [-0.2, -0.15) is 0 Å². The van der Waals surface area contributed by atoms with Crippen molar-refractivity contribution in [3.63, 3.8) is 0 Å². The quantitative estimate of drug-likeness (QED) is 0.222. The van der Waals surface area contributed by atoms with Crippen molar-refractivity contribution in [2.45, 2.75) is 32.7 Å². The van der Waals surface area contributed by atoms with E-state index in [2.05, 4.69) is 15.6 Å². The number of ether oxygens (including phenoxy) is 2. The van der Waals surface area contributed by atoms with Gasteiger partial charge in [0, 0.05) is 32.8 Å². The molecule has 0 bridgehead atoms. The Morgan fingerprint density at radius 1 is 1.18 bits per heavy atom. The molecule has 0 aromatic heterocycles. The van der Waals surface area contributed by atoms with Gasteiger partial charge < -0.3 is 25.0 Å². The van der Waals surface area contributed by atoms with Gasteiger partial charge in [-0.3, -0.25) is 4.79 Å². The third kappa shape index (κ3) is 9.09. The average molecular weight is 504 g/mol. The highest BCUT2D eigenvalue weighted by Crippen LogP contribution is 2.11. The predicted molar refractivity (Wildman–Crippen MR) is 122 cm³/mol. The van der Waals surface area contributed by atoms with Gasteiger partial charge in [0.25, 0.3) is 0 Å². The van der Waals surface area contributed by atoms with Crippen molar-refractivity contribution in [1.82, 2.24) is 15.5 Å². The molecular formula is C20H33IN4O3. The van der Waals surface area contributed by atoms with Crippen molar-refractivity contribution in [2.24, 2.45) is 4.99 Å². The molecule has 1 aromatic rings. The Morgan fingerprint density at radius 3 is 2.54 bits per heavy atom. The van der Waals surface area contributed by atoms with Crippen LogP contribution in [0.15, 0.2) is 29.3 Å². The minimum atomic E-state index is 0. The van der Waals surface area contributed by atoms with Crippen LogP contribution in [0.3, 0.4) is 0 Å². The molecule has 158 valence electrons. The van der Waals surface area contributed by atoms with E-state index in [0.717, 1.165) is 56.8 Å². The molecule has 0 radical (unpaired) electrons. The zero-order valence-electron chi connectivity index (χ0n) is 16.9. The van der Waals surface area contributed by atoms with E-state index < -0.39 is 0 Å². The maximum absolute atomic E-state index is 12.3. The summed E-state index contributed by atoms with van der Waals surface area (Å²) >= 11 is 0. The zero-order chi connectivity index (χ0) is 19.3. The highest BCUT2D eigenvalue weighted by Gasteiger charge is 2.17. The summed E-state index contributed by atoms with van der Waals surface area (Å²) in [5.74, 6) is 1.60. The lowest BCUT2D eigenvalue weighted by molar-refractivity contribution is -0.128. The van der Waals surface area contributed by atoms with Crippen LogP contribution in [0.4, 0.5) is 0 Å². The average Bonchev–Trinajstić information content (AvgIpc) is 3.24. The summed E-state index contributed by atoms with van der Waals surface area (Å²) in [6, 6.07) is 7.82. The van der Waals surface area contributed by atoms with Crippen LogP contribution in [-0.4, -0.2) is 63.3 Å². The van der Waals surface area contributed by atoms with Crippen LogP contribution in [-0.2, 0) is 16.1 Å². The monoisotopic (exact) mass is 504 g/mol. The molecule has 8 heteroatoms. The third-order valence-electron chi connectivity index (χ3n) is 4.41. The number of guanidine groups is 1. The molecule has 0 saturated carbocycles. The Morgan fingerprint density at radius 2 is 1.89 bits per heavy atom. The lowest BCUT2D eigenvalue weighted by Gasteiger charge is -2.17. The second-order valence-corrected chi connectivity index (χ2v) is 6.43. The van der Waals surface area contributed by atoms with Crippen molar-refractivity contribution in [3.8, 4) is 5.75 Å². The number of hydrogen-bond donors (Lipinski definition) is 2. The summed E-state index contributed by atoms with van der Waals surface area (Å²) in [4.78, 5) is 18.8. The number of carbonyl (C=O) groups is 1. The first kappa shape index (κ1) is 24.5. The first-order chi connectivity index (χ1) is 13.2. The van der Waals surface area contributed by atoms with E-state index in [-0.39, 0.29) is 36.4 Å². The van der Waals surface area contributed by atoms with E-state index in [1.54, 1.807) is 7.11 Å². The molecule has 2 rings (SSSR count). The van der Waals surface area contributed by atoms with Gasteiger partial charge in [0.05, 0.1) is 20.2 Å². The number of hydrogen-bond acceptors (Lipinski definition) is 4. The number of methoxy groups -OCH3 is 1. The van der Waals surface area contributed by atoms with Crippen LogP contribution in [0.25, 0.3) is 0 Å². The van der Waals surface area contributed by atoms with Crippen LogP contribution < -0.4 is 15.4 Å². The Labute approximate surface area is 185 Å². The highest BCUT2D eigenvalue weighted by molar-refractivity contribution is 14.0. The normalized spacial score (nSPS) is 13.8. The van der Waals surface area contributed by atoms with Gasteiger partial charge in [0.1, 0.15) is 5.75 Å². The fraction of sp³-hybridized carbons (Fsp3) is 0.600. The summed E-state index contributed by atoms with van der Waals surface area (Å²) in [6.07, 6.45) is 3.08. The van der Waals surface area contributed by atoms with Gasteiger partial charge in [-0.15, -0.1) is 24.0 Å². The van der Waals surface area contributed by atoms with Crippen LogP contribution in [0, 0.1) is 0 Å². The van der Waals surface area contributed by atoms with Crippen LogP contribution in [0.2, 0.25) is 0 Å². The van der Waals surface area contributed by atoms with Crippen LogP contribution in [0.1, 0.15) is 31.7 Å². The van der Waals surface area contributed by atoms with E-state index in [0.29, 0.717) is 19.1 Å². The zero-order valence-corrected chi connectivity index (χ0v) is 19.2. The number of halogens is 1. The molecular weight excluding hydrogens is 471 g/mol. The molecule has 1 fully saturated rings. The largest absolute Gasteiger partial charge is 0.497 e. The second-order valence-electron chi connectivity index (χ2n) is 6.43. The topological polar surface area (TPSA) is 75.2 Å². The molecule has 1 amide bonds. The highest BCUT2D eigenvalue weighted by atomic mass is 127. The standard InChI is InChI=1S/C20H32N4O3.HI/c1-3-27-14-6-11-21-20(23-16-19(25)24-12-4-5-13-24)22-15-17-7-9-18(26-2)10-8-17;/h7-10H,3-6,11-16H2,1-2H3,(H2,21,22,23);1H. The van der Waals surface area contributed by atoms with Gasteiger partial charge >= 0.3 is 0 Å². The minimum absolute atomic E-state index is 0. The van der Waals surface area contributed by atoms with E-state index in [4.69, 9.17) is 9.47 Å². The number of benzene rings is 1. The number of amides is 1. The number of rotatable bonds is 10. The van der Waals surface area contributed by atoms with Crippen molar-refractivity contribution in [2.75, 3.05) is 46.5 Å². The molecule has 1 heterocycles. The molecule has 1 aromatic carbocycles. The molecule has 2 N–H and O–H groups in total. The van der Waals surface area contributed by atoms with Gasteiger partial charge in [0.2, 0.25) is 5.91 Å². The molecule has 0 unspecified atom stereocenters. The number of nitrogens with one attached hydrogen (secondary N) is 2. The van der Waals surface area contributed by atoms with Gasteiger partial charge in [-0.05, 0) is 43.9 Å². The summed E-state index contributed by atoms with van der Waals surface area (Å²) in [5, 5.41) is 6.44. The van der Waals surface area contributed by atoms with Crippen molar-refractivity contribution < 1.29 is 14.3 Å². The van der Waals surface area contributed by atoms with Crippen molar-refractivity contribution in [1.29, 1.82) is 0 Å². The van der Waals surface area contributed by atoms with Crippen LogP contribution >= 0.6 is 24.0 Å². The predicted octanol–water partition coefficient (Wildman–Crippen LogP) is 2.40. The summed E-state index contributed by atoms with van der Waals surface area (Å²) in [7, 11) is 1.65. The molecule has 1 aliphatic rings. The van der Waals surface area contributed by atoms with E-state index in [1.807, 2.05) is 36.1 Å². The summed E-state index contributed by atoms with van der Waals surface area (Å²) in [6.45, 7) is 6.68. The number of carbonyl (C=O) groups excluding carboxylic acids is 1. The molecule has 0 spiro atoms. The van der Waals surface area contributed by atoms with Gasteiger partial charge in [-0.25, -0.2) is 4.99 Å². The van der Waals surface area contributed by atoms with E-state index >= 15 is 0 Å². The molecule has 28 heavy (non-hydrogen) atoms. The molecule has 7 nitrogen and oxygen atoms in total. The van der Waals surface area contributed by atoms with Crippen LogP contribution in [0.5, 0.6) is 5.75 Å². The third-order valence-corrected chi connectivity index (χ3v) is 4.41. The van der Waals surface area contributed by atoms with Gasteiger partial charge in [0.15, 0.2) is 5.96 Å². The maximum Gasteiger partial charge on any atom is 0.241 e. The lowest BCUT2D eigenvalue weighted by atomic mass is 10.2. The van der Waals surface area contributed by atoms with E-state index in [9.17, 15) is 4.79 Å². The first-order valence-electron chi connectivity index (χ1n) is 9.73. The first-order valence-corrected chi connectivity index (χ1v) is 9.73. The summed E-state index contributed by atoms with van der Waals surface area (Å²) < 4.78 is 10.5.